The molecule has 2 heterocycles. The first kappa shape index (κ1) is 12.2. The molecule has 0 bridgehead atoms. The zero-order chi connectivity index (χ0) is 13.4. The van der Waals surface area contributed by atoms with Crippen LogP contribution in [-0.4, -0.2) is 17.1 Å². The summed E-state index contributed by atoms with van der Waals surface area (Å²) in [6, 6.07) is 7.46. The third kappa shape index (κ3) is 2.01. The maximum absolute atomic E-state index is 6.09. The van der Waals surface area contributed by atoms with E-state index in [-0.39, 0.29) is 0 Å². The summed E-state index contributed by atoms with van der Waals surface area (Å²) in [5.41, 5.74) is 1.28. The van der Waals surface area contributed by atoms with E-state index in [1.807, 2.05) is 18.2 Å². The SMILES string of the molecule is COc1c(-c2cc3cccc(Cl)c3o2)[nH]cnc1=S. The molecule has 0 amide bonds. The molecule has 3 rings (SSSR count). The van der Waals surface area contributed by atoms with Crippen molar-refractivity contribution in [3.8, 4) is 17.2 Å². The molecule has 1 N–H and O–H groups in total. The number of aromatic nitrogens is 2. The zero-order valence-electron chi connectivity index (χ0n) is 9.94. The van der Waals surface area contributed by atoms with Gasteiger partial charge < -0.3 is 14.1 Å². The van der Waals surface area contributed by atoms with Gasteiger partial charge in [-0.2, -0.15) is 0 Å². The molecule has 0 saturated heterocycles. The van der Waals surface area contributed by atoms with Gasteiger partial charge in [-0.25, -0.2) is 4.98 Å². The van der Waals surface area contributed by atoms with Crippen molar-refractivity contribution in [2.75, 3.05) is 7.11 Å². The highest BCUT2D eigenvalue weighted by Crippen LogP contribution is 2.34. The van der Waals surface area contributed by atoms with Gasteiger partial charge in [-0.15, -0.1) is 0 Å². The first-order valence-corrected chi connectivity index (χ1v) is 6.29. The minimum atomic E-state index is 0.378. The molecule has 0 aliphatic heterocycles. The third-order valence-electron chi connectivity index (χ3n) is 2.76. The summed E-state index contributed by atoms with van der Waals surface area (Å²) in [6.07, 6.45) is 1.51. The highest BCUT2D eigenvalue weighted by molar-refractivity contribution is 7.71. The van der Waals surface area contributed by atoms with Crippen LogP contribution in [-0.2, 0) is 0 Å². The molecule has 19 heavy (non-hydrogen) atoms. The number of aromatic amines is 1. The van der Waals surface area contributed by atoms with Gasteiger partial charge in [-0.1, -0.05) is 36.0 Å². The zero-order valence-corrected chi connectivity index (χ0v) is 11.5. The van der Waals surface area contributed by atoms with Gasteiger partial charge in [0.2, 0.25) is 0 Å². The third-order valence-corrected chi connectivity index (χ3v) is 3.35. The van der Waals surface area contributed by atoms with Gasteiger partial charge in [-0.05, 0) is 12.1 Å². The minimum absolute atomic E-state index is 0.378. The fourth-order valence-electron chi connectivity index (χ4n) is 1.91. The van der Waals surface area contributed by atoms with E-state index < -0.39 is 0 Å². The fraction of sp³-hybridized carbons (Fsp3) is 0.0769. The first-order chi connectivity index (χ1) is 9.20. The Hall–Kier alpha value is -1.85. The van der Waals surface area contributed by atoms with Crippen LogP contribution >= 0.6 is 23.8 Å². The van der Waals surface area contributed by atoms with Crippen molar-refractivity contribution in [2.24, 2.45) is 0 Å². The highest BCUT2D eigenvalue weighted by atomic mass is 35.5. The topological polar surface area (TPSA) is 51.0 Å². The molecule has 0 unspecified atom stereocenters. The lowest BCUT2D eigenvalue weighted by Crippen LogP contribution is -1.93. The second kappa shape index (κ2) is 4.68. The van der Waals surface area contributed by atoms with Crippen molar-refractivity contribution in [2.45, 2.75) is 0 Å². The second-order valence-electron chi connectivity index (χ2n) is 3.88. The van der Waals surface area contributed by atoms with Gasteiger partial charge in [0.05, 0.1) is 18.5 Å². The van der Waals surface area contributed by atoms with Gasteiger partial charge in [-0.3, -0.25) is 0 Å². The number of hydrogen-bond acceptors (Lipinski definition) is 4. The molecule has 0 spiro atoms. The molecule has 4 nitrogen and oxygen atoms in total. The number of ether oxygens (including phenoxy) is 1. The molecule has 96 valence electrons. The smallest absolute Gasteiger partial charge is 0.183 e. The van der Waals surface area contributed by atoms with E-state index in [2.05, 4.69) is 9.97 Å². The van der Waals surface area contributed by atoms with Crippen molar-refractivity contribution in [1.82, 2.24) is 9.97 Å². The van der Waals surface area contributed by atoms with Crippen molar-refractivity contribution in [1.29, 1.82) is 0 Å². The van der Waals surface area contributed by atoms with Gasteiger partial charge in [0, 0.05) is 5.39 Å². The standard InChI is InChI=1S/C13H9ClN2O2S/c1-17-12-10(15-6-16-13(12)19)9-5-7-3-2-4-8(14)11(7)18-9/h2-6H,1H3,(H,15,16,19). The number of fused-ring (bicyclic) bond motifs is 1. The number of furan rings is 1. The van der Waals surface area contributed by atoms with Crippen molar-refractivity contribution < 1.29 is 9.15 Å². The number of nitrogens with zero attached hydrogens (tertiary/aromatic N) is 1. The lowest BCUT2D eigenvalue weighted by atomic mass is 10.2. The fourth-order valence-corrected chi connectivity index (χ4v) is 2.37. The molecule has 0 fully saturated rings. The number of benzene rings is 1. The summed E-state index contributed by atoms with van der Waals surface area (Å²) in [5, 5.41) is 1.48. The van der Waals surface area contributed by atoms with Crippen LogP contribution in [0.1, 0.15) is 0 Å². The molecule has 0 radical (unpaired) electrons. The monoisotopic (exact) mass is 292 g/mol. The largest absolute Gasteiger partial charge is 0.491 e. The lowest BCUT2D eigenvalue weighted by Gasteiger charge is -2.04. The molecule has 0 aliphatic rings. The predicted molar refractivity (Wildman–Crippen MR) is 76.2 cm³/mol. The maximum Gasteiger partial charge on any atom is 0.183 e. The van der Waals surface area contributed by atoms with Crippen LogP contribution in [0.3, 0.4) is 0 Å². The normalized spacial score (nSPS) is 10.8. The van der Waals surface area contributed by atoms with E-state index in [0.717, 1.165) is 5.39 Å². The van der Waals surface area contributed by atoms with Crippen LogP contribution in [0.2, 0.25) is 5.02 Å². The van der Waals surface area contributed by atoms with Gasteiger partial charge in [0.1, 0.15) is 5.69 Å². The summed E-state index contributed by atoms with van der Waals surface area (Å²) in [4.78, 5) is 6.96. The summed E-state index contributed by atoms with van der Waals surface area (Å²) < 4.78 is 11.4. The van der Waals surface area contributed by atoms with E-state index in [1.54, 1.807) is 13.2 Å². The summed E-state index contributed by atoms with van der Waals surface area (Å²) in [6.45, 7) is 0. The molecular formula is C13H9ClN2O2S. The number of halogens is 1. The quantitative estimate of drug-likeness (QED) is 0.719. The average Bonchev–Trinajstić information content (AvgIpc) is 2.84. The number of methoxy groups -OCH3 is 1. The molecular weight excluding hydrogens is 284 g/mol. The van der Waals surface area contributed by atoms with Crippen LogP contribution in [0.4, 0.5) is 0 Å². The van der Waals surface area contributed by atoms with Crippen molar-refractivity contribution >= 4 is 34.8 Å². The van der Waals surface area contributed by atoms with Crippen molar-refractivity contribution in [3.05, 3.63) is 40.3 Å². The first-order valence-electron chi connectivity index (χ1n) is 5.51. The van der Waals surface area contributed by atoms with E-state index in [0.29, 0.717) is 32.4 Å². The Bertz CT molecular complexity index is 810. The Labute approximate surface area is 119 Å². The molecule has 2 aromatic heterocycles. The van der Waals surface area contributed by atoms with Crippen LogP contribution in [0, 0.1) is 4.64 Å². The van der Waals surface area contributed by atoms with Crippen LogP contribution in [0.5, 0.6) is 5.75 Å². The lowest BCUT2D eigenvalue weighted by molar-refractivity contribution is 0.409. The van der Waals surface area contributed by atoms with Crippen LogP contribution in [0.25, 0.3) is 22.4 Å². The Balaban J connectivity index is 2.28. The molecule has 0 saturated carbocycles. The maximum atomic E-state index is 6.09. The molecule has 0 aliphatic carbocycles. The van der Waals surface area contributed by atoms with Gasteiger partial charge in [0.15, 0.2) is 21.7 Å². The Kier molecular flexibility index (Phi) is 3.00. The summed E-state index contributed by atoms with van der Waals surface area (Å²) in [5.74, 6) is 1.08. The minimum Gasteiger partial charge on any atom is -0.491 e. The number of rotatable bonds is 2. The van der Waals surface area contributed by atoms with E-state index in [1.165, 1.54) is 6.33 Å². The van der Waals surface area contributed by atoms with E-state index in [9.17, 15) is 0 Å². The average molecular weight is 293 g/mol. The van der Waals surface area contributed by atoms with Crippen LogP contribution in [0.15, 0.2) is 35.0 Å². The number of para-hydroxylation sites is 1. The van der Waals surface area contributed by atoms with Gasteiger partial charge in [0.25, 0.3) is 0 Å². The number of hydrogen-bond donors (Lipinski definition) is 1. The van der Waals surface area contributed by atoms with E-state index in [4.69, 9.17) is 33.0 Å². The summed E-state index contributed by atoms with van der Waals surface area (Å²) in [7, 11) is 1.54. The number of nitrogens with one attached hydrogen (secondary N) is 1. The summed E-state index contributed by atoms with van der Waals surface area (Å²) >= 11 is 11.2. The molecule has 0 atom stereocenters. The Morgan fingerprint density at radius 2 is 2.26 bits per heavy atom. The number of H-pyrrole nitrogens is 1. The van der Waals surface area contributed by atoms with Crippen LogP contribution < -0.4 is 4.74 Å². The Morgan fingerprint density at radius 3 is 3.00 bits per heavy atom. The van der Waals surface area contributed by atoms with Gasteiger partial charge >= 0.3 is 0 Å². The highest BCUT2D eigenvalue weighted by Gasteiger charge is 2.14. The predicted octanol–water partition coefficient (Wildman–Crippen LogP) is 4.21. The second-order valence-corrected chi connectivity index (χ2v) is 4.68. The van der Waals surface area contributed by atoms with E-state index >= 15 is 0 Å². The molecule has 1 aromatic carbocycles. The molecule has 6 heteroatoms. The van der Waals surface area contributed by atoms with Crippen molar-refractivity contribution in [3.63, 3.8) is 0 Å². The molecule has 3 aromatic rings. The Morgan fingerprint density at radius 1 is 1.42 bits per heavy atom.